The van der Waals surface area contributed by atoms with Gasteiger partial charge >= 0.3 is 0 Å². The zero-order chi connectivity index (χ0) is 10.6. The van der Waals surface area contributed by atoms with Crippen molar-refractivity contribution in [2.75, 3.05) is 13.7 Å². The zero-order valence-corrected chi connectivity index (χ0v) is 8.64. The van der Waals surface area contributed by atoms with Crippen molar-refractivity contribution >= 4 is 11.6 Å². The second-order valence-corrected chi connectivity index (χ2v) is 3.35. The number of halogens is 2. The number of ether oxygens (including phenoxy) is 1. The Hall–Kier alpha value is -0.640. The third-order valence-corrected chi connectivity index (χ3v) is 2.23. The first-order valence-corrected chi connectivity index (χ1v) is 4.63. The van der Waals surface area contributed by atoms with Crippen molar-refractivity contribution in [1.82, 2.24) is 0 Å². The van der Waals surface area contributed by atoms with Crippen molar-refractivity contribution in [1.29, 1.82) is 0 Å². The van der Waals surface area contributed by atoms with E-state index in [4.69, 9.17) is 21.4 Å². The molecule has 0 aromatic heterocycles. The fraction of sp³-hybridized carbons (Fsp3) is 0.400. The lowest BCUT2D eigenvalue weighted by Gasteiger charge is -2.07. The second-order valence-electron chi connectivity index (χ2n) is 2.94. The number of hydrogen-bond donors (Lipinski definition) is 1. The maximum Gasteiger partial charge on any atom is 0.130 e. The topological polar surface area (TPSA) is 29.5 Å². The van der Waals surface area contributed by atoms with Crippen LogP contribution < -0.4 is 0 Å². The van der Waals surface area contributed by atoms with Gasteiger partial charge in [0, 0.05) is 24.3 Å². The maximum absolute atomic E-state index is 13.4. The van der Waals surface area contributed by atoms with Crippen LogP contribution >= 0.6 is 11.6 Å². The first-order valence-electron chi connectivity index (χ1n) is 4.25. The number of aliphatic hydroxyl groups excluding tert-OH is 1. The molecule has 0 fully saturated rings. The van der Waals surface area contributed by atoms with Gasteiger partial charge in [-0.2, -0.15) is 0 Å². The van der Waals surface area contributed by atoms with Crippen LogP contribution in [0.3, 0.4) is 0 Å². The molecule has 1 aromatic carbocycles. The van der Waals surface area contributed by atoms with Crippen LogP contribution in [0.15, 0.2) is 12.1 Å². The van der Waals surface area contributed by atoms with E-state index in [1.165, 1.54) is 13.2 Å². The molecular weight excluding hydrogens is 207 g/mol. The van der Waals surface area contributed by atoms with Crippen LogP contribution in [0.4, 0.5) is 4.39 Å². The lowest BCUT2D eigenvalue weighted by molar-refractivity contribution is 0.181. The Kier molecular flexibility index (Phi) is 4.32. The minimum absolute atomic E-state index is 0.0145. The highest BCUT2D eigenvalue weighted by molar-refractivity contribution is 6.31. The first kappa shape index (κ1) is 11.4. The van der Waals surface area contributed by atoms with Crippen molar-refractivity contribution in [3.05, 3.63) is 34.1 Å². The fourth-order valence-electron chi connectivity index (χ4n) is 1.21. The zero-order valence-electron chi connectivity index (χ0n) is 7.89. The van der Waals surface area contributed by atoms with E-state index in [2.05, 4.69) is 0 Å². The average Bonchev–Trinajstić information content (AvgIpc) is 2.12. The number of methoxy groups -OCH3 is 1. The van der Waals surface area contributed by atoms with Gasteiger partial charge in [0.05, 0.1) is 6.61 Å². The molecule has 0 aliphatic rings. The van der Waals surface area contributed by atoms with E-state index in [9.17, 15) is 4.39 Å². The molecule has 1 N–H and O–H groups in total. The van der Waals surface area contributed by atoms with Crippen LogP contribution in [0.1, 0.15) is 11.1 Å². The summed E-state index contributed by atoms with van der Waals surface area (Å²) in [6, 6.07) is 3.02. The summed E-state index contributed by atoms with van der Waals surface area (Å²) >= 11 is 5.85. The normalized spacial score (nSPS) is 10.6. The number of benzene rings is 1. The van der Waals surface area contributed by atoms with Crippen LogP contribution in [0, 0.1) is 5.82 Å². The molecule has 0 heterocycles. The molecule has 78 valence electrons. The van der Waals surface area contributed by atoms with Crippen molar-refractivity contribution < 1.29 is 14.2 Å². The molecule has 0 amide bonds. The molecule has 2 nitrogen and oxygen atoms in total. The van der Waals surface area contributed by atoms with E-state index in [1.54, 1.807) is 6.07 Å². The minimum Gasteiger partial charge on any atom is -0.396 e. The van der Waals surface area contributed by atoms with Crippen LogP contribution in [-0.2, 0) is 17.8 Å². The number of rotatable bonds is 4. The SMILES string of the molecule is COCc1c(F)cc(CCO)cc1Cl. The summed E-state index contributed by atoms with van der Waals surface area (Å²) in [5.74, 6) is -0.386. The molecule has 14 heavy (non-hydrogen) atoms. The predicted octanol–water partition coefficient (Wildman–Crippen LogP) is 2.16. The van der Waals surface area contributed by atoms with Gasteiger partial charge in [-0.15, -0.1) is 0 Å². The van der Waals surface area contributed by atoms with Gasteiger partial charge in [0.2, 0.25) is 0 Å². The predicted molar refractivity (Wildman–Crippen MR) is 52.9 cm³/mol. The van der Waals surface area contributed by atoms with Gasteiger partial charge in [0.25, 0.3) is 0 Å². The minimum atomic E-state index is -0.386. The molecular formula is C10H12ClFO2. The van der Waals surface area contributed by atoms with Gasteiger partial charge < -0.3 is 9.84 Å². The van der Waals surface area contributed by atoms with E-state index in [0.29, 0.717) is 22.6 Å². The Morgan fingerprint density at radius 1 is 1.50 bits per heavy atom. The molecule has 0 bridgehead atoms. The molecule has 0 unspecified atom stereocenters. The largest absolute Gasteiger partial charge is 0.396 e. The summed E-state index contributed by atoms with van der Waals surface area (Å²) in [7, 11) is 1.48. The summed E-state index contributed by atoms with van der Waals surface area (Å²) in [5.41, 5.74) is 1.05. The summed E-state index contributed by atoms with van der Waals surface area (Å²) < 4.78 is 18.2. The van der Waals surface area contributed by atoms with Crippen LogP contribution in [0.2, 0.25) is 5.02 Å². The fourth-order valence-corrected chi connectivity index (χ4v) is 1.50. The van der Waals surface area contributed by atoms with Gasteiger partial charge in [0.15, 0.2) is 0 Å². The molecule has 0 aliphatic heterocycles. The summed E-state index contributed by atoms with van der Waals surface area (Å²) in [4.78, 5) is 0. The lowest BCUT2D eigenvalue weighted by atomic mass is 10.1. The van der Waals surface area contributed by atoms with Gasteiger partial charge in [-0.05, 0) is 24.1 Å². The van der Waals surface area contributed by atoms with Gasteiger partial charge in [-0.25, -0.2) is 4.39 Å². The Labute approximate surface area is 87.3 Å². The van der Waals surface area contributed by atoms with Gasteiger partial charge in [-0.1, -0.05) is 11.6 Å². The highest BCUT2D eigenvalue weighted by Gasteiger charge is 2.08. The highest BCUT2D eigenvalue weighted by atomic mass is 35.5. The highest BCUT2D eigenvalue weighted by Crippen LogP contribution is 2.22. The van der Waals surface area contributed by atoms with E-state index < -0.39 is 0 Å². The molecule has 0 radical (unpaired) electrons. The first-order chi connectivity index (χ1) is 6.69. The summed E-state index contributed by atoms with van der Waals surface area (Å²) in [6.45, 7) is 0.142. The lowest BCUT2D eigenvalue weighted by Crippen LogP contribution is -1.98. The quantitative estimate of drug-likeness (QED) is 0.839. The molecule has 0 aliphatic carbocycles. The molecule has 0 saturated heterocycles. The van der Waals surface area contributed by atoms with E-state index >= 15 is 0 Å². The smallest absolute Gasteiger partial charge is 0.130 e. The average molecular weight is 219 g/mol. The van der Waals surface area contributed by atoms with E-state index in [1.807, 2.05) is 0 Å². The van der Waals surface area contributed by atoms with Gasteiger partial charge in [0.1, 0.15) is 5.82 Å². The van der Waals surface area contributed by atoms with Crippen LogP contribution in [0.5, 0.6) is 0 Å². The van der Waals surface area contributed by atoms with Crippen molar-refractivity contribution in [3.63, 3.8) is 0 Å². The molecule has 4 heteroatoms. The second kappa shape index (κ2) is 5.29. The number of aliphatic hydroxyl groups is 1. The monoisotopic (exact) mass is 218 g/mol. The van der Waals surface area contributed by atoms with Crippen molar-refractivity contribution in [2.24, 2.45) is 0 Å². The molecule has 1 rings (SSSR count). The summed E-state index contributed by atoms with van der Waals surface area (Å²) in [5, 5.41) is 9.03. The van der Waals surface area contributed by atoms with Crippen molar-refractivity contribution in [3.8, 4) is 0 Å². The Morgan fingerprint density at radius 3 is 2.71 bits per heavy atom. The Morgan fingerprint density at radius 2 is 2.21 bits per heavy atom. The summed E-state index contributed by atoms with van der Waals surface area (Å²) in [6.07, 6.45) is 0.407. The number of hydrogen-bond acceptors (Lipinski definition) is 2. The van der Waals surface area contributed by atoms with E-state index in [0.717, 1.165) is 0 Å². The maximum atomic E-state index is 13.4. The third-order valence-electron chi connectivity index (χ3n) is 1.89. The Bertz CT molecular complexity index is 292. The van der Waals surface area contributed by atoms with Crippen molar-refractivity contribution in [2.45, 2.75) is 13.0 Å². The van der Waals surface area contributed by atoms with E-state index in [-0.39, 0.29) is 19.0 Å². The molecule has 0 atom stereocenters. The van der Waals surface area contributed by atoms with Crippen LogP contribution in [0.25, 0.3) is 0 Å². The molecule has 0 saturated carbocycles. The van der Waals surface area contributed by atoms with Crippen LogP contribution in [-0.4, -0.2) is 18.8 Å². The molecule has 1 aromatic rings. The standard InChI is InChI=1S/C10H12ClFO2/c1-14-6-8-9(11)4-7(2-3-13)5-10(8)12/h4-5,13H,2-3,6H2,1H3. The Balaban J connectivity index is 2.98. The van der Waals surface area contributed by atoms with Gasteiger partial charge in [-0.3, -0.25) is 0 Å². The third kappa shape index (κ3) is 2.67. The molecule has 0 spiro atoms.